The standard InChI is InChI=1S/C17H16Cl3NO2/c1-3-16(23-11-6-4-10(2)5-7-11)17(22)21-15-9-13(19)12(18)8-14(15)20/h4-9,16H,3H2,1-2H3,(H,21,22)/t16-/m0/s1. The van der Waals surface area contributed by atoms with Crippen LogP contribution in [-0.2, 0) is 4.79 Å². The molecule has 2 rings (SSSR count). The minimum Gasteiger partial charge on any atom is -0.481 e. The zero-order valence-electron chi connectivity index (χ0n) is 12.7. The van der Waals surface area contributed by atoms with Crippen molar-refractivity contribution in [3.63, 3.8) is 0 Å². The molecule has 0 saturated heterocycles. The monoisotopic (exact) mass is 371 g/mol. The number of nitrogens with one attached hydrogen (secondary N) is 1. The number of benzene rings is 2. The average molecular weight is 373 g/mol. The van der Waals surface area contributed by atoms with Crippen LogP contribution >= 0.6 is 34.8 Å². The molecule has 122 valence electrons. The van der Waals surface area contributed by atoms with E-state index in [0.717, 1.165) is 5.56 Å². The summed E-state index contributed by atoms with van der Waals surface area (Å²) in [7, 11) is 0. The number of anilines is 1. The predicted molar refractivity (Wildman–Crippen MR) is 96.0 cm³/mol. The van der Waals surface area contributed by atoms with E-state index in [2.05, 4.69) is 5.32 Å². The maximum Gasteiger partial charge on any atom is 0.265 e. The number of aryl methyl sites for hydroxylation is 1. The van der Waals surface area contributed by atoms with Crippen LogP contribution in [0.25, 0.3) is 0 Å². The van der Waals surface area contributed by atoms with E-state index in [1.165, 1.54) is 12.1 Å². The van der Waals surface area contributed by atoms with Gasteiger partial charge in [0.2, 0.25) is 0 Å². The lowest BCUT2D eigenvalue weighted by atomic mass is 10.2. The fourth-order valence-corrected chi connectivity index (χ4v) is 2.53. The van der Waals surface area contributed by atoms with E-state index in [4.69, 9.17) is 39.5 Å². The Balaban J connectivity index is 2.11. The molecular formula is C17H16Cl3NO2. The van der Waals surface area contributed by atoms with Crippen molar-refractivity contribution in [2.75, 3.05) is 5.32 Å². The van der Waals surface area contributed by atoms with Crippen LogP contribution in [0.2, 0.25) is 15.1 Å². The Morgan fingerprint density at radius 3 is 2.30 bits per heavy atom. The number of amides is 1. The second-order valence-electron chi connectivity index (χ2n) is 5.06. The van der Waals surface area contributed by atoms with Crippen molar-refractivity contribution in [3.05, 3.63) is 57.0 Å². The first kappa shape index (κ1) is 17.9. The van der Waals surface area contributed by atoms with Gasteiger partial charge in [-0.25, -0.2) is 0 Å². The molecule has 1 atom stereocenters. The predicted octanol–water partition coefficient (Wildman–Crippen LogP) is 5.75. The lowest BCUT2D eigenvalue weighted by molar-refractivity contribution is -0.122. The summed E-state index contributed by atoms with van der Waals surface area (Å²) in [6.45, 7) is 3.86. The maximum atomic E-state index is 12.4. The first-order valence-electron chi connectivity index (χ1n) is 7.09. The highest BCUT2D eigenvalue weighted by atomic mass is 35.5. The van der Waals surface area contributed by atoms with Gasteiger partial charge in [-0.3, -0.25) is 4.79 Å². The van der Waals surface area contributed by atoms with Gasteiger partial charge in [0.25, 0.3) is 5.91 Å². The van der Waals surface area contributed by atoms with Crippen LogP contribution in [0.15, 0.2) is 36.4 Å². The molecule has 23 heavy (non-hydrogen) atoms. The molecule has 0 heterocycles. The maximum absolute atomic E-state index is 12.4. The quantitative estimate of drug-likeness (QED) is 0.678. The highest BCUT2D eigenvalue weighted by Crippen LogP contribution is 2.32. The summed E-state index contributed by atoms with van der Waals surface area (Å²) < 4.78 is 5.73. The zero-order valence-corrected chi connectivity index (χ0v) is 15.0. The molecule has 0 radical (unpaired) electrons. The first-order chi connectivity index (χ1) is 10.9. The van der Waals surface area contributed by atoms with Gasteiger partial charge in [-0.2, -0.15) is 0 Å². The Kier molecular flexibility index (Phi) is 6.17. The summed E-state index contributed by atoms with van der Waals surface area (Å²) in [6.07, 6.45) is -0.123. The lowest BCUT2D eigenvalue weighted by Crippen LogP contribution is -2.32. The summed E-state index contributed by atoms with van der Waals surface area (Å²) >= 11 is 17.9. The minimum absolute atomic E-state index is 0.298. The van der Waals surface area contributed by atoms with Crippen molar-refractivity contribution in [3.8, 4) is 5.75 Å². The van der Waals surface area contributed by atoms with Gasteiger partial charge in [-0.15, -0.1) is 0 Å². The molecule has 1 N–H and O–H groups in total. The second-order valence-corrected chi connectivity index (χ2v) is 6.28. The average Bonchev–Trinajstić information content (AvgIpc) is 2.52. The molecule has 0 saturated carbocycles. The van der Waals surface area contributed by atoms with Gasteiger partial charge < -0.3 is 10.1 Å². The Morgan fingerprint density at radius 2 is 1.70 bits per heavy atom. The molecule has 0 spiro atoms. The normalized spacial score (nSPS) is 11.9. The Bertz CT molecular complexity index is 702. The van der Waals surface area contributed by atoms with Gasteiger partial charge in [0, 0.05) is 0 Å². The van der Waals surface area contributed by atoms with E-state index in [1.807, 2.05) is 38.1 Å². The van der Waals surface area contributed by atoms with Gasteiger partial charge in [-0.1, -0.05) is 59.4 Å². The van der Waals surface area contributed by atoms with Crippen molar-refractivity contribution in [1.29, 1.82) is 0 Å². The highest BCUT2D eigenvalue weighted by Gasteiger charge is 2.20. The molecule has 3 nitrogen and oxygen atoms in total. The largest absolute Gasteiger partial charge is 0.481 e. The van der Waals surface area contributed by atoms with Crippen molar-refractivity contribution < 1.29 is 9.53 Å². The van der Waals surface area contributed by atoms with E-state index < -0.39 is 6.10 Å². The van der Waals surface area contributed by atoms with Gasteiger partial charge >= 0.3 is 0 Å². The highest BCUT2D eigenvalue weighted by molar-refractivity contribution is 6.44. The SMILES string of the molecule is CC[C@H](Oc1ccc(C)cc1)C(=O)Nc1cc(Cl)c(Cl)cc1Cl. The van der Waals surface area contributed by atoms with Gasteiger partial charge in [0.15, 0.2) is 6.10 Å². The van der Waals surface area contributed by atoms with Crippen LogP contribution in [0.3, 0.4) is 0 Å². The van der Waals surface area contributed by atoms with Gasteiger partial charge in [-0.05, 0) is 37.6 Å². The Labute approximate surface area is 150 Å². The van der Waals surface area contributed by atoms with Crippen LogP contribution in [-0.4, -0.2) is 12.0 Å². The van der Waals surface area contributed by atoms with Crippen molar-refractivity contribution in [2.24, 2.45) is 0 Å². The number of carbonyl (C=O) groups is 1. The van der Waals surface area contributed by atoms with E-state index in [9.17, 15) is 4.79 Å². The molecule has 0 aliphatic heterocycles. The van der Waals surface area contributed by atoms with E-state index in [-0.39, 0.29) is 5.91 Å². The summed E-state index contributed by atoms with van der Waals surface area (Å²) in [6, 6.07) is 10.5. The number of hydrogen-bond donors (Lipinski definition) is 1. The molecule has 0 aliphatic carbocycles. The van der Waals surface area contributed by atoms with Crippen molar-refractivity contribution in [2.45, 2.75) is 26.4 Å². The zero-order chi connectivity index (χ0) is 17.0. The first-order valence-corrected chi connectivity index (χ1v) is 8.22. The van der Waals surface area contributed by atoms with Crippen LogP contribution in [0.5, 0.6) is 5.75 Å². The molecule has 0 unspecified atom stereocenters. The summed E-state index contributed by atoms with van der Waals surface area (Å²) in [4.78, 5) is 12.4. The molecule has 2 aromatic carbocycles. The van der Waals surface area contributed by atoms with Crippen LogP contribution in [0.4, 0.5) is 5.69 Å². The lowest BCUT2D eigenvalue weighted by Gasteiger charge is -2.18. The van der Waals surface area contributed by atoms with Gasteiger partial charge in [0.1, 0.15) is 5.75 Å². The van der Waals surface area contributed by atoms with E-state index in [0.29, 0.717) is 32.9 Å². The smallest absolute Gasteiger partial charge is 0.265 e. The van der Waals surface area contributed by atoms with Gasteiger partial charge in [0.05, 0.1) is 20.8 Å². The van der Waals surface area contributed by atoms with Crippen LogP contribution < -0.4 is 10.1 Å². The second kappa shape index (κ2) is 7.91. The third kappa shape index (κ3) is 4.77. The number of hydrogen-bond acceptors (Lipinski definition) is 2. The number of ether oxygens (including phenoxy) is 1. The van der Waals surface area contributed by atoms with E-state index >= 15 is 0 Å². The number of carbonyl (C=O) groups excluding carboxylic acids is 1. The minimum atomic E-state index is -0.636. The molecule has 0 aromatic heterocycles. The van der Waals surface area contributed by atoms with E-state index in [1.54, 1.807) is 0 Å². The fraction of sp³-hybridized carbons (Fsp3) is 0.235. The Morgan fingerprint density at radius 1 is 1.09 bits per heavy atom. The Hall–Kier alpha value is -1.42. The molecule has 6 heteroatoms. The van der Waals surface area contributed by atoms with Crippen molar-refractivity contribution >= 4 is 46.4 Å². The number of halogens is 3. The van der Waals surface area contributed by atoms with Crippen LogP contribution in [0.1, 0.15) is 18.9 Å². The fourth-order valence-electron chi connectivity index (χ4n) is 1.93. The molecule has 0 fully saturated rings. The molecule has 0 aliphatic rings. The topological polar surface area (TPSA) is 38.3 Å². The summed E-state index contributed by atoms with van der Waals surface area (Å²) in [5.41, 5.74) is 1.52. The molecule has 2 aromatic rings. The third-order valence-electron chi connectivity index (χ3n) is 3.23. The summed E-state index contributed by atoms with van der Waals surface area (Å²) in [5.74, 6) is 0.339. The van der Waals surface area contributed by atoms with Crippen LogP contribution in [0, 0.1) is 6.92 Å². The summed E-state index contributed by atoms with van der Waals surface area (Å²) in [5, 5.41) is 3.69. The molecule has 0 bridgehead atoms. The number of rotatable bonds is 5. The molecular weight excluding hydrogens is 357 g/mol. The molecule has 1 amide bonds. The van der Waals surface area contributed by atoms with Crippen molar-refractivity contribution in [1.82, 2.24) is 0 Å². The third-order valence-corrected chi connectivity index (χ3v) is 4.27.